The first-order valence-corrected chi connectivity index (χ1v) is 8.33. The number of carbonyl (C=O) groups excluding carboxylic acids is 3. The van der Waals surface area contributed by atoms with Crippen LogP contribution >= 0.6 is 0 Å². The molecule has 3 aromatic rings. The number of aromatic amines is 1. The van der Waals surface area contributed by atoms with Gasteiger partial charge in [0.25, 0.3) is 5.91 Å². The van der Waals surface area contributed by atoms with Crippen LogP contribution in [0.3, 0.4) is 0 Å². The maximum Gasteiger partial charge on any atom is 0.328 e. The molecule has 1 aromatic heterocycles. The molecular weight excluding hydrogens is 346 g/mol. The zero-order chi connectivity index (χ0) is 19.4. The molecule has 27 heavy (non-hydrogen) atoms. The minimum atomic E-state index is -0.850. The van der Waals surface area contributed by atoms with E-state index in [1.165, 1.54) is 31.4 Å². The Hall–Kier alpha value is -3.61. The Morgan fingerprint density at radius 2 is 1.74 bits per heavy atom. The summed E-state index contributed by atoms with van der Waals surface area (Å²) in [6.07, 6.45) is 2.09. The van der Waals surface area contributed by atoms with Gasteiger partial charge in [-0.05, 0) is 35.9 Å². The van der Waals surface area contributed by atoms with Crippen molar-refractivity contribution in [1.82, 2.24) is 10.3 Å². The molecule has 0 bridgehead atoms. The standard InChI is InChI=1S/C20H19N3O4/c1-27-20(26)17(10-14-11-22-16-5-3-2-4-15(14)16)23-19(25)13-8-6-12(7-9-13)18(21)24/h2-9,11,17,22H,10H2,1H3,(H2,21,24)(H,23,25)/t17-/m1/s1. The molecule has 7 heteroatoms. The molecule has 0 aliphatic heterocycles. The number of fused-ring (bicyclic) bond motifs is 1. The molecule has 7 nitrogen and oxygen atoms in total. The van der Waals surface area contributed by atoms with Crippen LogP contribution in [0.15, 0.2) is 54.7 Å². The molecule has 1 heterocycles. The number of primary amides is 1. The number of aromatic nitrogens is 1. The van der Waals surface area contributed by atoms with Crippen molar-refractivity contribution in [3.05, 3.63) is 71.4 Å². The third-order valence-corrected chi connectivity index (χ3v) is 4.32. The highest BCUT2D eigenvalue weighted by atomic mass is 16.5. The van der Waals surface area contributed by atoms with E-state index in [2.05, 4.69) is 10.3 Å². The summed E-state index contributed by atoms with van der Waals surface area (Å²) < 4.78 is 4.84. The van der Waals surface area contributed by atoms with Crippen LogP contribution in [0.5, 0.6) is 0 Å². The molecule has 0 aliphatic rings. The number of esters is 1. The Bertz CT molecular complexity index is 992. The highest BCUT2D eigenvalue weighted by Crippen LogP contribution is 2.19. The van der Waals surface area contributed by atoms with Crippen molar-refractivity contribution in [3.8, 4) is 0 Å². The van der Waals surface area contributed by atoms with Crippen molar-refractivity contribution in [1.29, 1.82) is 0 Å². The number of nitrogens with two attached hydrogens (primary N) is 1. The smallest absolute Gasteiger partial charge is 0.328 e. The number of H-pyrrole nitrogens is 1. The second-order valence-corrected chi connectivity index (χ2v) is 6.05. The fraction of sp³-hybridized carbons (Fsp3) is 0.150. The lowest BCUT2D eigenvalue weighted by atomic mass is 10.0. The molecule has 0 aliphatic carbocycles. The molecule has 0 saturated heterocycles. The van der Waals surface area contributed by atoms with E-state index < -0.39 is 23.8 Å². The van der Waals surface area contributed by atoms with Gasteiger partial charge in [-0.3, -0.25) is 9.59 Å². The van der Waals surface area contributed by atoms with Gasteiger partial charge in [0, 0.05) is 34.6 Å². The zero-order valence-corrected chi connectivity index (χ0v) is 14.7. The summed E-state index contributed by atoms with van der Waals surface area (Å²) in [4.78, 5) is 39.0. The average molecular weight is 365 g/mol. The van der Waals surface area contributed by atoms with Crippen molar-refractivity contribution in [2.75, 3.05) is 7.11 Å². The van der Waals surface area contributed by atoms with Gasteiger partial charge in [0.05, 0.1) is 7.11 Å². The fourth-order valence-electron chi connectivity index (χ4n) is 2.88. The third kappa shape index (κ3) is 3.98. The van der Waals surface area contributed by atoms with Crippen LogP contribution in [0.4, 0.5) is 0 Å². The number of amides is 2. The first kappa shape index (κ1) is 18.2. The van der Waals surface area contributed by atoms with Gasteiger partial charge in [0.2, 0.25) is 5.91 Å². The van der Waals surface area contributed by atoms with Crippen molar-refractivity contribution < 1.29 is 19.1 Å². The average Bonchev–Trinajstić information content (AvgIpc) is 3.09. The maximum atomic E-state index is 12.5. The van der Waals surface area contributed by atoms with Crippen LogP contribution in [0.25, 0.3) is 10.9 Å². The second-order valence-electron chi connectivity index (χ2n) is 6.05. The number of hydrogen-bond donors (Lipinski definition) is 3. The van der Waals surface area contributed by atoms with Gasteiger partial charge in [0.15, 0.2) is 0 Å². The van der Waals surface area contributed by atoms with Gasteiger partial charge in [-0.25, -0.2) is 4.79 Å². The van der Waals surface area contributed by atoms with Crippen molar-refractivity contribution in [2.24, 2.45) is 5.73 Å². The number of carbonyl (C=O) groups is 3. The monoisotopic (exact) mass is 365 g/mol. The number of ether oxygens (including phenoxy) is 1. The van der Waals surface area contributed by atoms with Crippen LogP contribution in [-0.4, -0.2) is 35.9 Å². The van der Waals surface area contributed by atoms with Gasteiger partial charge in [-0.1, -0.05) is 18.2 Å². The van der Waals surface area contributed by atoms with Crippen LogP contribution < -0.4 is 11.1 Å². The maximum absolute atomic E-state index is 12.5. The molecule has 2 amide bonds. The molecule has 0 saturated carbocycles. The molecule has 0 spiro atoms. The summed E-state index contributed by atoms with van der Waals surface area (Å²) in [5, 5.41) is 3.67. The Balaban J connectivity index is 1.79. The first-order valence-electron chi connectivity index (χ1n) is 8.33. The molecular formula is C20H19N3O4. The highest BCUT2D eigenvalue weighted by molar-refractivity contribution is 5.99. The van der Waals surface area contributed by atoms with Gasteiger partial charge in [0.1, 0.15) is 6.04 Å². The zero-order valence-electron chi connectivity index (χ0n) is 14.7. The number of hydrogen-bond acceptors (Lipinski definition) is 4. The lowest BCUT2D eigenvalue weighted by molar-refractivity contribution is -0.142. The van der Waals surface area contributed by atoms with Gasteiger partial charge in [-0.2, -0.15) is 0 Å². The predicted octanol–water partition coefficient (Wildman–Crippen LogP) is 1.78. The van der Waals surface area contributed by atoms with Crippen LogP contribution in [0, 0.1) is 0 Å². The number of benzene rings is 2. The molecule has 0 fully saturated rings. The number of nitrogens with one attached hydrogen (secondary N) is 2. The normalized spacial score (nSPS) is 11.7. The third-order valence-electron chi connectivity index (χ3n) is 4.32. The number of para-hydroxylation sites is 1. The Morgan fingerprint density at radius 1 is 1.07 bits per heavy atom. The van der Waals surface area contributed by atoms with Crippen molar-refractivity contribution in [3.63, 3.8) is 0 Å². The van der Waals surface area contributed by atoms with Crippen LogP contribution in [0.1, 0.15) is 26.3 Å². The molecule has 0 radical (unpaired) electrons. The quantitative estimate of drug-likeness (QED) is 0.578. The summed E-state index contributed by atoms with van der Waals surface area (Å²) in [5.41, 5.74) is 7.65. The van der Waals surface area contributed by atoms with E-state index in [9.17, 15) is 14.4 Å². The SMILES string of the molecule is COC(=O)[C@@H](Cc1c[nH]c2ccccc12)NC(=O)c1ccc(C(N)=O)cc1. The lowest BCUT2D eigenvalue weighted by Gasteiger charge is -2.16. The highest BCUT2D eigenvalue weighted by Gasteiger charge is 2.24. The van der Waals surface area contributed by atoms with E-state index in [1.54, 1.807) is 0 Å². The largest absolute Gasteiger partial charge is 0.467 e. The van der Waals surface area contributed by atoms with E-state index >= 15 is 0 Å². The van der Waals surface area contributed by atoms with Crippen molar-refractivity contribution in [2.45, 2.75) is 12.5 Å². The number of rotatable bonds is 6. The topological polar surface area (TPSA) is 114 Å². The van der Waals surface area contributed by atoms with E-state index in [0.717, 1.165) is 16.5 Å². The number of methoxy groups -OCH3 is 1. The second kappa shape index (κ2) is 7.74. The fourth-order valence-corrected chi connectivity index (χ4v) is 2.88. The Morgan fingerprint density at radius 3 is 2.41 bits per heavy atom. The van der Waals surface area contributed by atoms with E-state index in [0.29, 0.717) is 11.1 Å². The molecule has 2 aromatic carbocycles. The van der Waals surface area contributed by atoms with Crippen LogP contribution in [-0.2, 0) is 16.0 Å². The van der Waals surface area contributed by atoms with E-state index in [1.807, 2.05) is 30.5 Å². The van der Waals surface area contributed by atoms with Gasteiger partial charge < -0.3 is 20.8 Å². The molecule has 4 N–H and O–H groups in total. The predicted molar refractivity (Wildman–Crippen MR) is 100 cm³/mol. The van der Waals surface area contributed by atoms with Gasteiger partial charge >= 0.3 is 5.97 Å². The molecule has 3 rings (SSSR count). The first-order chi connectivity index (χ1) is 13.0. The molecule has 138 valence electrons. The lowest BCUT2D eigenvalue weighted by Crippen LogP contribution is -2.43. The van der Waals surface area contributed by atoms with Crippen LogP contribution in [0.2, 0.25) is 0 Å². The summed E-state index contributed by atoms with van der Waals surface area (Å²) in [5.74, 6) is -1.56. The summed E-state index contributed by atoms with van der Waals surface area (Å²) in [6, 6.07) is 12.7. The Labute approximate surface area is 155 Å². The molecule has 1 atom stereocenters. The minimum Gasteiger partial charge on any atom is -0.467 e. The van der Waals surface area contributed by atoms with Crippen molar-refractivity contribution >= 4 is 28.7 Å². The summed E-state index contributed by atoms with van der Waals surface area (Å²) in [7, 11) is 1.28. The summed E-state index contributed by atoms with van der Waals surface area (Å²) in [6.45, 7) is 0. The van der Waals surface area contributed by atoms with Gasteiger partial charge in [-0.15, -0.1) is 0 Å². The minimum absolute atomic E-state index is 0.280. The Kier molecular flexibility index (Phi) is 5.21. The van der Waals surface area contributed by atoms with E-state index in [4.69, 9.17) is 10.5 Å². The van der Waals surface area contributed by atoms with E-state index in [-0.39, 0.29) is 6.42 Å². The summed E-state index contributed by atoms with van der Waals surface area (Å²) >= 11 is 0. The molecule has 0 unspecified atom stereocenters.